The van der Waals surface area contributed by atoms with Crippen LogP contribution in [0.2, 0.25) is 0 Å². The zero-order valence-corrected chi connectivity index (χ0v) is 6.54. The van der Waals surface area contributed by atoms with Crippen molar-refractivity contribution >= 4 is 0 Å². The highest BCUT2D eigenvalue weighted by molar-refractivity contribution is 5.01. The molecule has 0 radical (unpaired) electrons. The third kappa shape index (κ3) is 2.38. The monoisotopic (exact) mass is 206 g/mol. The van der Waals surface area contributed by atoms with Gasteiger partial charge in [-0.15, -0.1) is 0 Å². The van der Waals surface area contributed by atoms with E-state index < -0.39 is 31.1 Å². The van der Waals surface area contributed by atoms with Gasteiger partial charge in [-0.2, -0.15) is 17.6 Å². The van der Waals surface area contributed by atoms with Crippen molar-refractivity contribution in [1.29, 1.82) is 0 Å². The number of alkyl halides is 6. The normalized spacial score (nSPS) is 15.5. The second-order valence-electron chi connectivity index (χ2n) is 2.40. The van der Waals surface area contributed by atoms with Crippen molar-refractivity contribution in [2.45, 2.75) is 24.4 Å². The molecule has 13 heavy (non-hydrogen) atoms. The first-order valence-electron chi connectivity index (χ1n) is 3.39. The molecule has 0 aliphatic heterocycles. The maximum absolute atomic E-state index is 12.4. The molecule has 0 N–H and O–H groups in total. The van der Waals surface area contributed by atoms with Crippen LogP contribution in [0.25, 0.3) is 0 Å². The van der Waals surface area contributed by atoms with Gasteiger partial charge < -0.3 is 0 Å². The second-order valence-corrected chi connectivity index (χ2v) is 2.40. The lowest BCUT2D eigenvalue weighted by Crippen LogP contribution is -2.46. The molecule has 1 unspecified atom stereocenters. The molecule has 0 aromatic heterocycles. The largest absolute Gasteiger partial charge is 0.344 e. The van der Waals surface area contributed by atoms with Crippen LogP contribution in [0.5, 0.6) is 0 Å². The Kier molecular flexibility index (Phi) is 3.81. The van der Waals surface area contributed by atoms with Crippen LogP contribution in [0.15, 0.2) is 12.7 Å². The average Bonchev–Trinajstić information content (AvgIpc) is 2.04. The topological polar surface area (TPSA) is 0 Å². The fraction of sp³-hybridized carbons (Fsp3) is 0.714. The predicted molar refractivity (Wildman–Crippen MR) is 35.6 cm³/mol. The predicted octanol–water partition coefficient (Wildman–Crippen LogP) is 3.14. The van der Waals surface area contributed by atoms with Gasteiger partial charge >= 0.3 is 11.8 Å². The molecule has 6 heteroatoms. The number of rotatable bonds is 5. The molecule has 0 aromatic rings. The minimum absolute atomic E-state index is 0.349. The summed E-state index contributed by atoms with van der Waals surface area (Å²) < 4.78 is 73.2. The molecule has 0 heterocycles. The molecule has 0 fully saturated rings. The molecule has 1 atom stereocenters. The highest BCUT2D eigenvalue weighted by Gasteiger charge is 2.59. The molecule has 0 aliphatic carbocycles. The Bertz CT molecular complexity index is 176. The third-order valence-corrected chi connectivity index (χ3v) is 1.46. The Balaban J connectivity index is 4.62. The van der Waals surface area contributed by atoms with Gasteiger partial charge in [0, 0.05) is 6.42 Å². The standard InChI is InChI=1S/C7H8F6/c1-2-6(10,11)7(12,13)5(9)3-4-8/h2,5H,1,3-4H2. The van der Waals surface area contributed by atoms with E-state index in [1.165, 1.54) is 0 Å². The van der Waals surface area contributed by atoms with Crippen molar-refractivity contribution in [3.63, 3.8) is 0 Å². The summed E-state index contributed by atoms with van der Waals surface area (Å²) in [5.74, 6) is -9.55. The van der Waals surface area contributed by atoms with E-state index in [9.17, 15) is 26.3 Å². The molecule has 0 bridgehead atoms. The van der Waals surface area contributed by atoms with Gasteiger partial charge in [0.15, 0.2) is 6.17 Å². The molecule has 0 rings (SSSR count). The van der Waals surface area contributed by atoms with Crippen molar-refractivity contribution in [2.24, 2.45) is 0 Å². The van der Waals surface area contributed by atoms with Gasteiger partial charge in [0.1, 0.15) is 0 Å². The Hall–Kier alpha value is -0.680. The minimum Gasteiger partial charge on any atom is -0.251 e. The summed E-state index contributed by atoms with van der Waals surface area (Å²) in [4.78, 5) is 0. The van der Waals surface area contributed by atoms with E-state index >= 15 is 0 Å². The quantitative estimate of drug-likeness (QED) is 0.478. The summed E-state index contributed by atoms with van der Waals surface area (Å²) in [5.41, 5.74) is 0. The van der Waals surface area contributed by atoms with Crippen molar-refractivity contribution in [1.82, 2.24) is 0 Å². The van der Waals surface area contributed by atoms with Crippen molar-refractivity contribution in [3.8, 4) is 0 Å². The van der Waals surface area contributed by atoms with Crippen molar-refractivity contribution < 1.29 is 26.3 Å². The maximum atomic E-state index is 12.4. The molecular weight excluding hydrogens is 198 g/mol. The zero-order valence-electron chi connectivity index (χ0n) is 6.54. The second kappa shape index (κ2) is 4.02. The lowest BCUT2D eigenvalue weighted by molar-refractivity contribution is -0.214. The molecule has 0 saturated carbocycles. The number of allylic oxidation sites excluding steroid dienone is 1. The zero-order chi connectivity index (χ0) is 10.7. The number of hydrogen-bond donors (Lipinski definition) is 0. The Labute approximate surface area is 71.2 Å². The average molecular weight is 206 g/mol. The molecule has 78 valence electrons. The van der Waals surface area contributed by atoms with Crippen molar-refractivity contribution in [2.75, 3.05) is 6.67 Å². The fourth-order valence-electron chi connectivity index (χ4n) is 0.622. The van der Waals surface area contributed by atoms with E-state index in [1.807, 2.05) is 0 Å². The lowest BCUT2D eigenvalue weighted by atomic mass is 10.0. The Morgan fingerprint density at radius 2 is 1.69 bits per heavy atom. The summed E-state index contributed by atoms with van der Waals surface area (Å²) >= 11 is 0. The molecule has 0 aromatic carbocycles. The van der Waals surface area contributed by atoms with Gasteiger partial charge in [-0.1, -0.05) is 6.58 Å². The molecule has 0 aliphatic rings. The van der Waals surface area contributed by atoms with E-state index in [-0.39, 0.29) is 6.08 Å². The summed E-state index contributed by atoms with van der Waals surface area (Å²) in [7, 11) is 0. The molecule has 0 saturated heterocycles. The SMILES string of the molecule is C=CC(F)(F)C(F)(F)C(F)CCF. The van der Waals surface area contributed by atoms with Crippen molar-refractivity contribution in [3.05, 3.63) is 12.7 Å². The van der Waals surface area contributed by atoms with E-state index in [2.05, 4.69) is 6.58 Å². The van der Waals surface area contributed by atoms with Crippen LogP contribution >= 0.6 is 0 Å². The highest BCUT2D eigenvalue weighted by atomic mass is 19.3. The number of hydrogen-bond acceptors (Lipinski definition) is 0. The Morgan fingerprint density at radius 3 is 2.00 bits per heavy atom. The Morgan fingerprint density at radius 1 is 1.23 bits per heavy atom. The van der Waals surface area contributed by atoms with Crippen LogP contribution < -0.4 is 0 Å². The number of halogens is 6. The molecular formula is C7H8F6. The van der Waals surface area contributed by atoms with E-state index in [1.54, 1.807) is 0 Å². The van der Waals surface area contributed by atoms with Gasteiger partial charge in [-0.25, -0.2) is 4.39 Å². The molecule has 0 spiro atoms. The highest BCUT2D eigenvalue weighted by Crippen LogP contribution is 2.40. The summed E-state index contributed by atoms with van der Waals surface area (Å²) in [6, 6.07) is 0. The van der Waals surface area contributed by atoms with E-state index in [0.717, 1.165) is 0 Å². The summed E-state index contributed by atoms with van der Waals surface area (Å²) in [6.45, 7) is 1.04. The van der Waals surface area contributed by atoms with Gasteiger partial charge in [0.05, 0.1) is 6.67 Å². The van der Waals surface area contributed by atoms with Gasteiger partial charge in [-0.05, 0) is 6.08 Å². The summed E-state index contributed by atoms with van der Waals surface area (Å²) in [6.07, 6.45) is -4.81. The summed E-state index contributed by atoms with van der Waals surface area (Å²) in [5, 5.41) is 0. The first kappa shape index (κ1) is 12.3. The smallest absolute Gasteiger partial charge is 0.251 e. The molecule has 0 amide bonds. The van der Waals surface area contributed by atoms with Gasteiger partial charge in [0.25, 0.3) is 0 Å². The van der Waals surface area contributed by atoms with Crippen LogP contribution in [0.1, 0.15) is 6.42 Å². The lowest BCUT2D eigenvalue weighted by Gasteiger charge is -2.26. The first-order chi connectivity index (χ1) is 5.79. The van der Waals surface area contributed by atoms with E-state index in [0.29, 0.717) is 0 Å². The fourth-order valence-corrected chi connectivity index (χ4v) is 0.622. The van der Waals surface area contributed by atoms with Crippen LogP contribution in [-0.4, -0.2) is 24.7 Å². The first-order valence-corrected chi connectivity index (χ1v) is 3.39. The molecule has 0 nitrogen and oxygen atoms in total. The van der Waals surface area contributed by atoms with E-state index in [4.69, 9.17) is 0 Å². The van der Waals surface area contributed by atoms with Gasteiger partial charge in [0.2, 0.25) is 0 Å². The van der Waals surface area contributed by atoms with Crippen LogP contribution in [0, 0.1) is 0 Å². The van der Waals surface area contributed by atoms with Crippen LogP contribution in [0.3, 0.4) is 0 Å². The maximum Gasteiger partial charge on any atom is 0.344 e. The van der Waals surface area contributed by atoms with Crippen LogP contribution in [-0.2, 0) is 0 Å². The van der Waals surface area contributed by atoms with Gasteiger partial charge in [-0.3, -0.25) is 4.39 Å². The third-order valence-electron chi connectivity index (χ3n) is 1.46. The minimum atomic E-state index is -4.90. The van der Waals surface area contributed by atoms with Crippen LogP contribution in [0.4, 0.5) is 26.3 Å².